The lowest BCUT2D eigenvalue weighted by molar-refractivity contribution is 0.396. The van der Waals surface area contributed by atoms with E-state index in [1.54, 1.807) is 12.7 Å². The molecule has 1 aromatic rings. The van der Waals surface area contributed by atoms with Gasteiger partial charge in [0.15, 0.2) is 0 Å². The van der Waals surface area contributed by atoms with Gasteiger partial charge in [-0.2, -0.15) is 0 Å². The summed E-state index contributed by atoms with van der Waals surface area (Å²) < 4.78 is 0. The third-order valence-electron chi connectivity index (χ3n) is 2.14. The summed E-state index contributed by atoms with van der Waals surface area (Å²) >= 11 is 0. The fraction of sp³-hybridized carbons (Fsp3) is 0.625. The van der Waals surface area contributed by atoms with Gasteiger partial charge in [0, 0.05) is 0 Å². The summed E-state index contributed by atoms with van der Waals surface area (Å²) in [5.74, 6) is 0.879. The van der Waals surface area contributed by atoms with Gasteiger partial charge in [-0.3, -0.25) is 0 Å². The molecule has 1 N–H and O–H groups in total. The van der Waals surface area contributed by atoms with Gasteiger partial charge in [0.05, 0.1) is 6.04 Å². The van der Waals surface area contributed by atoms with Crippen LogP contribution >= 0.6 is 0 Å². The maximum atomic E-state index is 4.12. The zero-order valence-electron chi connectivity index (χ0n) is 6.90. The summed E-state index contributed by atoms with van der Waals surface area (Å²) in [5.41, 5.74) is 0. The summed E-state index contributed by atoms with van der Waals surface area (Å²) in [4.78, 5) is 12.0. The Balaban J connectivity index is 2.08. The molecule has 0 amide bonds. The third-order valence-corrected chi connectivity index (χ3v) is 2.14. The molecule has 1 unspecified atom stereocenters. The fourth-order valence-electron chi connectivity index (χ4n) is 1.50. The SMILES string of the molecule is c1ncnc(C2CCCCN2)n1. The van der Waals surface area contributed by atoms with Crippen LogP contribution in [0.15, 0.2) is 12.7 Å². The Morgan fingerprint density at radius 2 is 2.08 bits per heavy atom. The molecule has 1 aromatic heterocycles. The predicted molar refractivity (Wildman–Crippen MR) is 44.4 cm³/mol. The normalized spacial score (nSPS) is 23.8. The Labute approximate surface area is 71.5 Å². The summed E-state index contributed by atoms with van der Waals surface area (Å²) in [6, 6.07) is 0.349. The molecule has 2 rings (SSSR count). The first kappa shape index (κ1) is 7.61. The van der Waals surface area contributed by atoms with Crippen molar-refractivity contribution in [3.8, 4) is 0 Å². The number of piperidine rings is 1. The van der Waals surface area contributed by atoms with Crippen LogP contribution in [0.3, 0.4) is 0 Å². The molecular weight excluding hydrogens is 152 g/mol. The van der Waals surface area contributed by atoms with Crippen LogP contribution in [0.1, 0.15) is 31.1 Å². The quantitative estimate of drug-likeness (QED) is 0.663. The molecule has 1 fully saturated rings. The molecule has 1 aliphatic heterocycles. The lowest BCUT2D eigenvalue weighted by Gasteiger charge is -2.21. The number of rotatable bonds is 1. The van der Waals surface area contributed by atoms with E-state index in [1.165, 1.54) is 12.8 Å². The number of aromatic nitrogens is 3. The van der Waals surface area contributed by atoms with Gasteiger partial charge in [-0.05, 0) is 19.4 Å². The molecule has 0 spiro atoms. The highest BCUT2D eigenvalue weighted by atomic mass is 15.0. The van der Waals surface area contributed by atoms with E-state index >= 15 is 0 Å². The second-order valence-electron chi connectivity index (χ2n) is 3.00. The molecule has 4 heteroatoms. The van der Waals surface area contributed by atoms with Crippen molar-refractivity contribution in [3.63, 3.8) is 0 Å². The molecule has 2 heterocycles. The summed E-state index contributed by atoms with van der Waals surface area (Å²) in [6.45, 7) is 1.08. The van der Waals surface area contributed by atoms with E-state index in [0.717, 1.165) is 18.8 Å². The van der Waals surface area contributed by atoms with Crippen molar-refractivity contribution in [1.82, 2.24) is 20.3 Å². The van der Waals surface area contributed by atoms with Crippen LogP contribution < -0.4 is 5.32 Å². The van der Waals surface area contributed by atoms with E-state index in [4.69, 9.17) is 0 Å². The minimum atomic E-state index is 0.349. The molecule has 4 nitrogen and oxygen atoms in total. The van der Waals surface area contributed by atoms with Crippen molar-refractivity contribution in [2.75, 3.05) is 6.54 Å². The third kappa shape index (κ3) is 1.58. The van der Waals surface area contributed by atoms with Crippen molar-refractivity contribution in [3.05, 3.63) is 18.5 Å². The minimum Gasteiger partial charge on any atom is -0.307 e. The zero-order chi connectivity index (χ0) is 8.23. The highest BCUT2D eigenvalue weighted by Crippen LogP contribution is 2.18. The van der Waals surface area contributed by atoms with Crippen molar-refractivity contribution >= 4 is 0 Å². The maximum Gasteiger partial charge on any atom is 0.148 e. The standard InChI is InChI=1S/C8H12N4/c1-2-4-10-7(3-1)8-11-5-9-6-12-8/h5-7,10H,1-4H2. The molecule has 64 valence electrons. The Hall–Kier alpha value is -1.03. The van der Waals surface area contributed by atoms with Crippen molar-refractivity contribution in [2.45, 2.75) is 25.3 Å². The van der Waals surface area contributed by atoms with Crippen LogP contribution in [0.5, 0.6) is 0 Å². The summed E-state index contributed by atoms with van der Waals surface area (Å²) in [7, 11) is 0. The first-order valence-electron chi connectivity index (χ1n) is 4.32. The van der Waals surface area contributed by atoms with Crippen LogP contribution in [0.25, 0.3) is 0 Å². The van der Waals surface area contributed by atoms with Gasteiger partial charge >= 0.3 is 0 Å². The fourth-order valence-corrected chi connectivity index (χ4v) is 1.50. The van der Waals surface area contributed by atoms with E-state index in [0.29, 0.717) is 6.04 Å². The number of nitrogens with zero attached hydrogens (tertiary/aromatic N) is 3. The number of hydrogen-bond donors (Lipinski definition) is 1. The van der Waals surface area contributed by atoms with Crippen LogP contribution in [0.2, 0.25) is 0 Å². The van der Waals surface area contributed by atoms with Crippen LogP contribution in [0, 0.1) is 0 Å². The topological polar surface area (TPSA) is 50.7 Å². The molecule has 12 heavy (non-hydrogen) atoms. The first-order valence-corrected chi connectivity index (χ1v) is 4.32. The van der Waals surface area contributed by atoms with E-state index in [1.807, 2.05) is 0 Å². The van der Waals surface area contributed by atoms with Gasteiger partial charge in [0.25, 0.3) is 0 Å². The molecule has 0 saturated carbocycles. The summed E-state index contributed by atoms with van der Waals surface area (Å²) in [6.07, 6.45) is 6.78. The van der Waals surface area contributed by atoms with Crippen LogP contribution in [-0.4, -0.2) is 21.5 Å². The van der Waals surface area contributed by atoms with E-state index in [-0.39, 0.29) is 0 Å². The second kappa shape index (κ2) is 3.58. The summed E-state index contributed by atoms with van der Waals surface area (Å²) in [5, 5.41) is 3.38. The van der Waals surface area contributed by atoms with E-state index in [2.05, 4.69) is 20.3 Å². The van der Waals surface area contributed by atoms with Gasteiger partial charge < -0.3 is 5.32 Å². The Morgan fingerprint density at radius 1 is 1.25 bits per heavy atom. The molecule has 0 radical (unpaired) electrons. The van der Waals surface area contributed by atoms with Gasteiger partial charge in [0.1, 0.15) is 18.5 Å². The number of hydrogen-bond acceptors (Lipinski definition) is 4. The predicted octanol–water partition coefficient (Wildman–Crippen LogP) is 0.686. The highest BCUT2D eigenvalue weighted by molar-refractivity contribution is 4.93. The Bertz CT molecular complexity index is 230. The highest BCUT2D eigenvalue weighted by Gasteiger charge is 2.16. The Morgan fingerprint density at radius 3 is 2.75 bits per heavy atom. The zero-order valence-corrected chi connectivity index (χ0v) is 6.90. The molecular formula is C8H12N4. The lowest BCUT2D eigenvalue weighted by Crippen LogP contribution is -2.28. The largest absolute Gasteiger partial charge is 0.307 e. The minimum absolute atomic E-state index is 0.349. The molecule has 0 bridgehead atoms. The molecule has 1 atom stereocenters. The molecule has 1 aliphatic rings. The van der Waals surface area contributed by atoms with Crippen LogP contribution in [0.4, 0.5) is 0 Å². The van der Waals surface area contributed by atoms with Crippen LogP contribution in [-0.2, 0) is 0 Å². The first-order chi connectivity index (χ1) is 5.97. The van der Waals surface area contributed by atoms with Crippen molar-refractivity contribution in [1.29, 1.82) is 0 Å². The van der Waals surface area contributed by atoms with Gasteiger partial charge in [0.2, 0.25) is 0 Å². The van der Waals surface area contributed by atoms with Crippen molar-refractivity contribution in [2.24, 2.45) is 0 Å². The smallest absolute Gasteiger partial charge is 0.148 e. The average Bonchev–Trinajstić information content (AvgIpc) is 2.21. The second-order valence-corrected chi connectivity index (χ2v) is 3.00. The number of nitrogens with one attached hydrogen (secondary N) is 1. The maximum absolute atomic E-state index is 4.12. The van der Waals surface area contributed by atoms with E-state index in [9.17, 15) is 0 Å². The van der Waals surface area contributed by atoms with Crippen molar-refractivity contribution < 1.29 is 0 Å². The molecule has 0 aromatic carbocycles. The van der Waals surface area contributed by atoms with Gasteiger partial charge in [-0.1, -0.05) is 6.42 Å². The van der Waals surface area contributed by atoms with Gasteiger partial charge in [-0.25, -0.2) is 15.0 Å². The molecule has 0 aliphatic carbocycles. The van der Waals surface area contributed by atoms with Gasteiger partial charge in [-0.15, -0.1) is 0 Å². The lowest BCUT2D eigenvalue weighted by atomic mass is 10.0. The monoisotopic (exact) mass is 164 g/mol. The Kier molecular flexibility index (Phi) is 2.27. The average molecular weight is 164 g/mol. The van der Waals surface area contributed by atoms with E-state index < -0.39 is 0 Å². The molecule has 1 saturated heterocycles.